The first kappa shape index (κ1) is 18.9. The molecule has 0 radical (unpaired) electrons. The Morgan fingerprint density at radius 3 is 2.63 bits per heavy atom. The molecule has 0 spiro atoms. The van der Waals surface area contributed by atoms with E-state index in [-0.39, 0.29) is 17.7 Å². The summed E-state index contributed by atoms with van der Waals surface area (Å²) in [5, 5.41) is 6.17. The smallest absolute Gasteiger partial charge is 0.228 e. The number of carbonyl (C=O) groups is 2. The van der Waals surface area contributed by atoms with Gasteiger partial charge < -0.3 is 10.2 Å². The van der Waals surface area contributed by atoms with Crippen LogP contribution in [0.3, 0.4) is 0 Å². The van der Waals surface area contributed by atoms with Gasteiger partial charge >= 0.3 is 0 Å². The molecule has 1 atom stereocenters. The van der Waals surface area contributed by atoms with Gasteiger partial charge in [0.2, 0.25) is 11.8 Å². The predicted molar refractivity (Wildman–Crippen MR) is 106 cm³/mol. The number of aromatic nitrogens is 1. The highest BCUT2D eigenvalue weighted by atomic mass is 32.1. The molecule has 2 aliphatic heterocycles. The minimum absolute atomic E-state index is 0.145. The highest BCUT2D eigenvalue weighted by Gasteiger charge is 2.34. The molecule has 7 heteroatoms. The molecular weight excluding hydrogens is 360 g/mol. The monoisotopic (exact) mass is 390 g/mol. The Morgan fingerprint density at radius 2 is 1.96 bits per heavy atom. The number of nitrogens with one attached hydrogen (secondary N) is 1. The molecule has 0 unspecified atom stereocenters. The number of piperidine rings is 2. The fourth-order valence-corrected chi connectivity index (χ4v) is 4.95. The highest BCUT2D eigenvalue weighted by Crippen LogP contribution is 2.26. The Balaban J connectivity index is 1.24. The molecule has 3 heterocycles. The maximum absolute atomic E-state index is 12.5. The number of thiazole rings is 1. The molecule has 1 aromatic rings. The second-order valence-corrected chi connectivity index (χ2v) is 9.33. The molecule has 0 bridgehead atoms. The Bertz CT molecular complexity index is 679. The van der Waals surface area contributed by atoms with Crippen LogP contribution < -0.4 is 5.32 Å². The van der Waals surface area contributed by atoms with Crippen LogP contribution in [-0.2, 0) is 16.0 Å². The molecule has 3 fully saturated rings. The molecule has 2 saturated heterocycles. The van der Waals surface area contributed by atoms with Gasteiger partial charge in [0.1, 0.15) is 0 Å². The van der Waals surface area contributed by atoms with Crippen LogP contribution in [0.4, 0.5) is 0 Å². The van der Waals surface area contributed by atoms with Crippen molar-refractivity contribution in [2.75, 3.05) is 26.2 Å². The number of hydrogen-bond donors (Lipinski definition) is 1. The van der Waals surface area contributed by atoms with Gasteiger partial charge in [-0.2, -0.15) is 0 Å². The van der Waals surface area contributed by atoms with E-state index in [0.717, 1.165) is 75.4 Å². The summed E-state index contributed by atoms with van der Waals surface area (Å²) in [6, 6.07) is 0.954. The lowest BCUT2D eigenvalue weighted by molar-refractivity contribution is -0.132. The number of rotatable bonds is 5. The summed E-state index contributed by atoms with van der Waals surface area (Å²) in [4.78, 5) is 33.8. The van der Waals surface area contributed by atoms with Crippen molar-refractivity contribution in [1.29, 1.82) is 0 Å². The van der Waals surface area contributed by atoms with Crippen molar-refractivity contribution in [2.45, 2.75) is 64.0 Å². The van der Waals surface area contributed by atoms with Crippen molar-refractivity contribution < 1.29 is 9.59 Å². The molecule has 27 heavy (non-hydrogen) atoms. The number of carbonyl (C=O) groups excluding carboxylic acids is 2. The summed E-state index contributed by atoms with van der Waals surface area (Å²) < 4.78 is 0. The number of amides is 2. The maximum Gasteiger partial charge on any atom is 0.228 e. The van der Waals surface area contributed by atoms with E-state index in [4.69, 9.17) is 0 Å². The molecular formula is C20H30N4O2S. The quantitative estimate of drug-likeness (QED) is 0.835. The Kier molecular flexibility index (Phi) is 5.78. The lowest BCUT2D eigenvalue weighted by Crippen LogP contribution is -2.51. The van der Waals surface area contributed by atoms with E-state index in [2.05, 4.69) is 15.2 Å². The zero-order chi connectivity index (χ0) is 18.8. The topological polar surface area (TPSA) is 65.5 Å². The van der Waals surface area contributed by atoms with Gasteiger partial charge in [0.25, 0.3) is 0 Å². The van der Waals surface area contributed by atoms with Crippen LogP contribution in [0.5, 0.6) is 0 Å². The third-order valence-electron chi connectivity index (χ3n) is 6.08. The summed E-state index contributed by atoms with van der Waals surface area (Å²) in [5.41, 5.74) is 0.894. The van der Waals surface area contributed by atoms with E-state index in [1.807, 2.05) is 17.2 Å². The Morgan fingerprint density at radius 1 is 1.19 bits per heavy atom. The fourth-order valence-electron chi connectivity index (χ4n) is 4.34. The van der Waals surface area contributed by atoms with Gasteiger partial charge in [-0.05, 0) is 52.0 Å². The van der Waals surface area contributed by atoms with Gasteiger partial charge in [0.05, 0.1) is 23.0 Å². The molecule has 2 amide bonds. The van der Waals surface area contributed by atoms with Crippen molar-refractivity contribution in [2.24, 2.45) is 5.92 Å². The Labute approximate surface area is 165 Å². The second kappa shape index (κ2) is 8.27. The van der Waals surface area contributed by atoms with E-state index in [1.165, 1.54) is 0 Å². The van der Waals surface area contributed by atoms with Gasteiger partial charge in [0, 0.05) is 37.1 Å². The zero-order valence-corrected chi connectivity index (χ0v) is 17.0. The van der Waals surface area contributed by atoms with Crippen LogP contribution in [0.15, 0.2) is 5.38 Å². The van der Waals surface area contributed by atoms with E-state index in [9.17, 15) is 9.59 Å². The lowest BCUT2D eigenvalue weighted by Gasteiger charge is -2.42. The molecule has 1 aliphatic carbocycles. The first-order chi connectivity index (χ1) is 13.1. The SMILES string of the molecule is Cc1nc(CC(=O)N2CCC(N3CCC[C@@H](C(=O)NC4CC4)C3)CC2)cs1. The van der Waals surface area contributed by atoms with Crippen LogP contribution in [0.1, 0.15) is 49.2 Å². The summed E-state index contributed by atoms with van der Waals surface area (Å²) in [5.74, 6) is 0.597. The molecule has 3 aliphatic rings. The summed E-state index contributed by atoms with van der Waals surface area (Å²) in [6.07, 6.45) is 6.86. The molecule has 148 valence electrons. The number of hydrogen-bond acceptors (Lipinski definition) is 5. The lowest BCUT2D eigenvalue weighted by atomic mass is 9.93. The van der Waals surface area contributed by atoms with E-state index in [1.54, 1.807) is 11.3 Å². The summed E-state index contributed by atoms with van der Waals surface area (Å²) >= 11 is 1.60. The standard InChI is InChI=1S/C20H30N4O2S/c1-14-21-17(13-27-14)11-19(25)23-9-6-18(7-10-23)24-8-2-3-15(12-24)20(26)22-16-4-5-16/h13,15-16,18H,2-12H2,1H3,(H,22,26)/t15-/m1/s1. The first-order valence-corrected chi connectivity index (χ1v) is 11.2. The minimum atomic E-state index is 0.145. The molecule has 1 N–H and O–H groups in total. The van der Waals surface area contributed by atoms with Gasteiger partial charge in [-0.1, -0.05) is 0 Å². The number of nitrogens with zero attached hydrogens (tertiary/aromatic N) is 3. The van der Waals surface area contributed by atoms with Gasteiger partial charge in [-0.25, -0.2) is 4.98 Å². The largest absolute Gasteiger partial charge is 0.353 e. The van der Waals surface area contributed by atoms with Crippen molar-refractivity contribution in [3.63, 3.8) is 0 Å². The predicted octanol–water partition coefficient (Wildman–Crippen LogP) is 1.98. The van der Waals surface area contributed by atoms with E-state index < -0.39 is 0 Å². The highest BCUT2D eigenvalue weighted by molar-refractivity contribution is 7.09. The molecule has 4 rings (SSSR count). The molecule has 1 saturated carbocycles. The average molecular weight is 391 g/mol. The third kappa shape index (κ3) is 4.88. The summed E-state index contributed by atoms with van der Waals surface area (Å²) in [6.45, 7) is 5.59. The zero-order valence-electron chi connectivity index (χ0n) is 16.2. The summed E-state index contributed by atoms with van der Waals surface area (Å²) in [7, 11) is 0. The minimum Gasteiger partial charge on any atom is -0.353 e. The van der Waals surface area contributed by atoms with Crippen molar-refractivity contribution in [1.82, 2.24) is 20.1 Å². The van der Waals surface area contributed by atoms with Gasteiger partial charge in [0.15, 0.2) is 0 Å². The Hall–Kier alpha value is -1.47. The fraction of sp³-hybridized carbons (Fsp3) is 0.750. The first-order valence-electron chi connectivity index (χ1n) is 10.3. The maximum atomic E-state index is 12.5. The van der Waals surface area contributed by atoms with Crippen molar-refractivity contribution in [3.8, 4) is 0 Å². The number of likely N-dealkylation sites (tertiary alicyclic amines) is 2. The van der Waals surface area contributed by atoms with Crippen LogP contribution >= 0.6 is 11.3 Å². The van der Waals surface area contributed by atoms with E-state index >= 15 is 0 Å². The van der Waals surface area contributed by atoms with E-state index in [0.29, 0.717) is 18.5 Å². The van der Waals surface area contributed by atoms with Gasteiger partial charge in [-0.15, -0.1) is 11.3 Å². The molecule has 6 nitrogen and oxygen atoms in total. The van der Waals surface area contributed by atoms with Gasteiger partial charge in [-0.3, -0.25) is 14.5 Å². The third-order valence-corrected chi connectivity index (χ3v) is 6.90. The average Bonchev–Trinajstić information content (AvgIpc) is 3.41. The van der Waals surface area contributed by atoms with Crippen LogP contribution in [-0.4, -0.2) is 64.9 Å². The van der Waals surface area contributed by atoms with Crippen molar-refractivity contribution >= 4 is 23.2 Å². The number of aryl methyl sites for hydroxylation is 1. The normalized spacial score (nSPS) is 24.8. The molecule has 0 aromatic carbocycles. The van der Waals surface area contributed by atoms with Crippen LogP contribution in [0.2, 0.25) is 0 Å². The molecule has 1 aromatic heterocycles. The second-order valence-electron chi connectivity index (χ2n) is 8.26. The van der Waals surface area contributed by atoms with Crippen LogP contribution in [0, 0.1) is 12.8 Å². The van der Waals surface area contributed by atoms with Crippen LogP contribution in [0.25, 0.3) is 0 Å². The van der Waals surface area contributed by atoms with Crippen molar-refractivity contribution in [3.05, 3.63) is 16.1 Å².